The minimum atomic E-state index is -0.299. The predicted molar refractivity (Wildman–Crippen MR) is 52.5 cm³/mol. The zero-order valence-corrected chi connectivity index (χ0v) is 8.68. The van der Waals surface area contributed by atoms with E-state index in [1.165, 1.54) is 0 Å². The highest BCUT2D eigenvalue weighted by atomic mass is 16.3. The summed E-state index contributed by atoms with van der Waals surface area (Å²) >= 11 is 0. The Bertz CT molecular complexity index is 147. The van der Waals surface area contributed by atoms with Gasteiger partial charge in [-0.2, -0.15) is 0 Å². The van der Waals surface area contributed by atoms with E-state index in [0.29, 0.717) is 0 Å². The summed E-state index contributed by atoms with van der Waals surface area (Å²) < 4.78 is 0. The Kier molecular flexibility index (Phi) is 5.66. The van der Waals surface area contributed by atoms with Gasteiger partial charge in [0, 0.05) is 12.6 Å². The van der Waals surface area contributed by atoms with Gasteiger partial charge in [-0.25, -0.2) is 0 Å². The van der Waals surface area contributed by atoms with Crippen LogP contribution in [0.3, 0.4) is 0 Å². The summed E-state index contributed by atoms with van der Waals surface area (Å²) in [7, 11) is 1.60. The molecule has 78 valence electrons. The highest BCUT2D eigenvalue weighted by Gasteiger charge is 2.24. The number of hydrogen-bond acceptors (Lipinski definition) is 3. The summed E-state index contributed by atoms with van der Waals surface area (Å²) in [6.45, 7) is 4.32. The maximum absolute atomic E-state index is 11.0. The van der Waals surface area contributed by atoms with E-state index in [0.717, 1.165) is 12.8 Å². The minimum absolute atomic E-state index is 0.0558. The molecule has 0 aromatic carbocycles. The molecule has 13 heavy (non-hydrogen) atoms. The molecule has 0 atom stereocenters. The molecule has 0 radical (unpaired) electrons. The SMILES string of the molecule is CCC(CC)(CO)NCC(=O)NC. The van der Waals surface area contributed by atoms with Crippen LogP contribution in [0.2, 0.25) is 0 Å². The maximum atomic E-state index is 11.0. The molecule has 0 fully saturated rings. The van der Waals surface area contributed by atoms with Crippen molar-refractivity contribution in [3.63, 3.8) is 0 Å². The van der Waals surface area contributed by atoms with Crippen molar-refractivity contribution < 1.29 is 9.90 Å². The second-order valence-corrected chi connectivity index (χ2v) is 3.17. The molecule has 0 bridgehead atoms. The first kappa shape index (κ1) is 12.4. The Balaban J connectivity index is 4.02. The van der Waals surface area contributed by atoms with E-state index < -0.39 is 0 Å². The van der Waals surface area contributed by atoms with Gasteiger partial charge in [-0.3, -0.25) is 4.79 Å². The average molecular weight is 188 g/mol. The van der Waals surface area contributed by atoms with Crippen molar-refractivity contribution >= 4 is 5.91 Å². The second kappa shape index (κ2) is 5.94. The Morgan fingerprint density at radius 3 is 2.23 bits per heavy atom. The van der Waals surface area contributed by atoms with Crippen molar-refractivity contribution in [1.82, 2.24) is 10.6 Å². The number of nitrogens with one attached hydrogen (secondary N) is 2. The van der Waals surface area contributed by atoms with Crippen LogP contribution in [0.1, 0.15) is 26.7 Å². The van der Waals surface area contributed by atoms with Gasteiger partial charge in [0.2, 0.25) is 5.91 Å². The largest absolute Gasteiger partial charge is 0.394 e. The Hall–Kier alpha value is -0.610. The Morgan fingerprint density at radius 1 is 1.38 bits per heavy atom. The molecule has 0 saturated heterocycles. The predicted octanol–water partition coefficient (Wildman–Crippen LogP) is -0.127. The van der Waals surface area contributed by atoms with Gasteiger partial charge in [-0.05, 0) is 12.8 Å². The van der Waals surface area contributed by atoms with Crippen LogP contribution >= 0.6 is 0 Å². The number of carbonyl (C=O) groups excluding carboxylic acids is 1. The number of likely N-dealkylation sites (N-methyl/N-ethyl adjacent to an activating group) is 1. The molecule has 1 amide bonds. The number of amides is 1. The monoisotopic (exact) mass is 188 g/mol. The molecule has 3 N–H and O–H groups in total. The summed E-state index contributed by atoms with van der Waals surface area (Å²) in [5, 5.41) is 14.8. The molecule has 0 aliphatic heterocycles. The summed E-state index contributed by atoms with van der Waals surface area (Å²) in [4.78, 5) is 11.0. The van der Waals surface area contributed by atoms with Crippen LogP contribution in [-0.2, 0) is 4.79 Å². The molecule has 0 rings (SSSR count). The van der Waals surface area contributed by atoms with Crippen LogP contribution in [-0.4, -0.2) is 36.8 Å². The lowest BCUT2D eigenvalue weighted by Gasteiger charge is -2.30. The molecule has 4 nitrogen and oxygen atoms in total. The summed E-state index contributed by atoms with van der Waals surface area (Å²) in [6, 6.07) is 0. The first-order chi connectivity index (χ1) is 6.14. The third-order valence-electron chi connectivity index (χ3n) is 2.56. The highest BCUT2D eigenvalue weighted by molar-refractivity contribution is 5.77. The van der Waals surface area contributed by atoms with Gasteiger partial charge in [0.1, 0.15) is 0 Å². The molecule has 0 aromatic rings. The smallest absolute Gasteiger partial charge is 0.233 e. The highest BCUT2D eigenvalue weighted by Crippen LogP contribution is 2.13. The summed E-state index contributed by atoms with van der Waals surface area (Å²) in [5.41, 5.74) is -0.299. The molecule has 0 heterocycles. The topological polar surface area (TPSA) is 61.4 Å². The molecule has 4 heteroatoms. The number of rotatable bonds is 6. The molecule has 0 aliphatic carbocycles. The normalized spacial score (nSPS) is 11.4. The van der Waals surface area contributed by atoms with Crippen molar-refractivity contribution in [3.8, 4) is 0 Å². The van der Waals surface area contributed by atoms with E-state index in [1.807, 2.05) is 13.8 Å². The van der Waals surface area contributed by atoms with Gasteiger partial charge < -0.3 is 15.7 Å². The summed E-state index contributed by atoms with van der Waals surface area (Å²) in [5.74, 6) is -0.0558. The van der Waals surface area contributed by atoms with Gasteiger partial charge in [-0.1, -0.05) is 13.8 Å². The molecule has 0 spiro atoms. The van der Waals surface area contributed by atoms with Crippen LogP contribution in [0.4, 0.5) is 0 Å². The number of aliphatic hydroxyl groups excluding tert-OH is 1. The fourth-order valence-corrected chi connectivity index (χ4v) is 1.14. The fourth-order valence-electron chi connectivity index (χ4n) is 1.14. The Morgan fingerprint density at radius 2 is 1.92 bits per heavy atom. The summed E-state index contributed by atoms with van der Waals surface area (Å²) in [6.07, 6.45) is 1.63. The van der Waals surface area contributed by atoms with E-state index >= 15 is 0 Å². The van der Waals surface area contributed by atoms with Crippen molar-refractivity contribution in [2.24, 2.45) is 0 Å². The van der Waals surface area contributed by atoms with E-state index in [4.69, 9.17) is 5.11 Å². The average Bonchev–Trinajstić information content (AvgIpc) is 2.20. The van der Waals surface area contributed by atoms with Crippen molar-refractivity contribution in [2.45, 2.75) is 32.2 Å². The molecule has 0 unspecified atom stereocenters. The van der Waals surface area contributed by atoms with Crippen LogP contribution in [0.5, 0.6) is 0 Å². The number of carbonyl (C=O) groups is 1. The van der Waals surface area contributed by atoms with Crippen molar-refractivity contribution in [2.75, 3.05) is 20.2 Å². The van der Waals surface area contributed by atoms with Crippen LogP contribution in [0, 0.1) is 0 Å². The van der Waals surface area contributed by atoms with E-state index in [1.54, 1.807) is 7.05 Å². The first-order valence-corrected chi connectivity index (χ1v) is 4.70. The zero-order valence-electron chi connectivity index (χ0n) is 8.68. The van der Waals surface area contributed by atoms with Gasteiger partial charge in [0.25, 0.3) is 0 Å². The van der Waals surface area contributed by atoms with Crippen LogP contribution in [0.15, 0.2) is 0 Å². The molecule has 0 saturated carbocycles. The van der Waals surface area contributed by atoms with Crippen LogP contribution in [0.25, 0.3) is 0 Å². The van der Waals surface area contributed by atoms with Gasteiger partial charge in [0.05, 0.1) is 13.2 Å². The van der Waals surface area contributed by atoms with E-state index in [2.05, 4.69) is 10.6 Å². The third kappa shape index (κ3) is 3.74. The quantitative estimate of drug-likeness (QED) is 0.544. The number of aliphatic hydroxyl groups is 1. The standard InChI is InChI=1S/C9H20N2O2/c1-4-9(5-2,7-12)11-6-8(13)10-3/h11-12H,4-7H2,1-3H3,(H,10,13). The lowest BCUT2D eigenvalue weighted by molar-refractivity contribution is -0.120. The lowest BCUT2D eigenvalue weighted by atomic mass is 9.94. The lowest BCUT2D eigenvalue weighted by Crippen LogP contribution is -2.50. The van der Waals surface area contributed by atoms with E-state index in [9.17, 15) is 4.79 Å². The number of hydrogen-bond donors (Lipinski definition) is 3. The molecular formula is C9H20N2O2. The van der Waals surface area contributed by atoms with Crippen LogP contribution < -0.4 is 10.6 Å². The second-order valence-electron chi connectivity index (χ2n) is 3.17. The Labute approximate surface area is 79.7 Å². The third-order valence-corrected chi connectivity index (χ3v) is 2.56. The first-order valence-electron chi connectivity index (χ1n) is 4.70. The minimum Gasteiger partial charge on any atom is -0.394 e. The molecule has 0 aliphatic rings. The van der Waals surface area contributed by atoms with Gasteiger partial charge in [-0.15, -0.1) is 0 Å². The maximum Gasteiger partial charge on any atom is 0.233 e. The molecular weight excluding hydrogens is 168 g/mol. The van der Waals surface area contributed by atoms with Crippen molar-refractivity contribution in [1.29, 1.82) is 0 Å². The fraction of sp³-hybridized carbons (Fsp3) is 0.889. The van der Waals surface area contributed by atoms with Crippen molar-refractivity contribution in [3.05, 3.63) is 0 Å². The van der Waals surface area contributed by atoms with Gasteiger partial charge >= 0.3 is 0 Å². The molecule has 0 aromatic heterocycles. The van der Waals surface area contributed by atoms with E-state index in [-0.39, 0.29) is 24.6 Å². The zero-order chi connectivity index (χ0) is 10.3. The van der Waals surface area contributed by atoms with Gasteiger partial charge in [0.15, 0.2) is 0 Å².